The number of ether oxygens (including phenoxy) is 1. The van der Waals surface area contributed by atoms with Gasteiger partial charge in [-0.2, -0.15) is 0 Å². The molecule has 6 heteroatoms. The maximum Gasteiger partial charge on any atom is 0.220 e. The lowest BCUT2D eigenvalue weighted by Crippen LogP contribution is -2.36. The van der Waals surface area contributed by atoms with Gasteiger partial charge >= 0.3 is 0 Å². The van der Waals surface area contributed by atoms with Crippen LogP contribution in [0.4, 0.5) is 0 Å². The number of thiazole rings is 1. The van der Waals surface area contributed by atoms with Crippen LogP contribution in [0.15, 0.2) is 29.6 Å². The minimum absolute atomic E-state index is 0.0732. The fourth-order valence-electron chi connectivity index (χ4n) is 2.16. The Balaban J connectivity index is 1.96. The smallest absolute Gasteiger partial charge is 0.220 e. The zero-order chi connectivity index (χ0) is 16.8. The predicted molar refractivity (Wildman–Crippen MR) is 93.9 cm³/mol. The van der Waals surface area contributed by atoms with E-state index in [9.17, 15) is 4.79 Å². The van der Waals surface area contributed by atoms with Crippen LogP contribution in [0.3, 0.4) is 0 Å². The number of rotatable bonds is 7. The van der Waals surface area contributed by atoms with Gasteiger partial charge in [0, 0.05) is 23.4 Å². The van der Waals surface area contributed by atoms with Crippen molar-refractivity contribution < 1.29 is 9.53 Å². The van der Waals surface area contributed by atoms with Crippen molar-refractivity contribution in [3.05, 3.63) is 45.4 Å². The summed E-state index contributed by atoms with van der Waals surface area (Å²) in [5, 5.41) is 3.51. The van der Waals surface area contributed by atoms with Crippen LogP contribution >= 0.6 is 22.9 Å². The summed E-state index contributed by atoms with van der Waals surface area (Å²) in [6, 6.07) is 7.50. The van der Waals surface area contributed by atoms with Gasteiger partial charge in [0.2, 0.25) is 5.91 Å². The molecule has 0 spiro atoms. The molecule has 0 bridgehead atoms. The van der Waals surface area contributed by atoms with E-state index in [-0.39, 0.29) is 11.9 Å². The molecule has 4 nitrogen and oxygen atoms in total. The SMILES string of the molecule is CCC(C)N(Cc1csc(COc2cccc(Cl)c2)n1)C(C)=O. The topological polar surface area (TPSA) is 42.4 Å². The van der Waals surface area contributed by atoms with Gasteiger partial charge in [-0.05, 0) is 31.5 Å². The molecular formula is C17H21ClN2O2S. The van der Waals surface area contributed by atoms with E-state index in [1.54, 1.807) is 19.1 Å². The van der Waals surface area contributed by atoms with Gasteiger partial charge in [-0.15, -0.1) is 11.3 Å². The van der Waals surface area contributed by atoms with E-state index in [4.69, 9.17) is 16.3 Å². The lowest BCUT2D eigenvalue weighted by molar-refractivity contribution is -0.131. The van der Waals surface area contributed by atoms with Gasteiger partial charge in [-0.3, -0.25) is 4.79 Å². The van der Waals surface area contributed by atoms with Crippen LogP contribution in [-0.4, -0.2) is 21.8 Å². The van der Waals surface area contributed by atoms with E-state index in [1.165, 1.54) is 11.3 Å². The molecule has 23 heavy (non-hydrogen) atoms. The van der Waals surface area contributed by atoms with Crippen molar-refractivity contribution in [2.75, 3.05) is 0 Å². The standard InChI is InChI=1S/C17H21ClN2O2S/c1-4-12(2)20(13(3)21)9-15-11-23-17(19-15)10-22-16-7-5-6-14(18)8-16/h5-8,11-12H,4,9-10H2,1-3H3. The molecule has 1 aromatic carbocycles. The zero-order valence-corrected chi connectivity index (χ0v) is 15.2. The fraction of sp³-hybridized carbons (Fsp3) is 0.412. The summed E-state index contributed by atoms with van der Waals surface area (Å²) in [7, 11) is 0. The molecule has 0 radical (unpaired) electrons. The second kappa shape index (κ2) is 8.31. The zero-order valence-electron chi connectivity index (χ0n) is 13.6. The Labute approximate surface area is 146 Å². The Bertz CT molecular complexity index is 660. The number of carbonyl (C=O) groups is 1. The maximum absolute atomic E-state index is 11.8. The Kier molecular flexibility index (Phi) is 6.42. The van der Waals surface area contributed by atoms with Crippen LogP contribution in [0.5, 0.6) is 5.75 Å². The number of carbonyl (C=O) groups excluding carboxylic acids is 1. The van der Waals surface area contributed by atoms with Crippen LogP contribution in [-0.2, 0) is 17.9 Å². The first-order valence-electron chi connectivity index (χ1n) is 7.58. The molecule has 1 amide bonds. The van der Waals surface area contributed by atoms with E-state index < -0.39 is 0 Å². The summed E-state index contributed by atoms with van der Waals surface area (Å²) in [4.78, 5) is 18.2. The van der Waals surface area contributed by atoms with E-state index >= 15 is 0 Å². The Morgan fingerprint density at radius 1 is 1.48 bits per heavy atom. The molecule has 0 fully saturated rings. The van der Waals surface area contributed by atoms with Crippen LogP contribution in [0, 0.1) is 0 Å². The molecule has 0 aliphatic heterocycles. The highest BCUT2D eigenvalue weighted by molar-refractivity contribution is 7.09. The molecule has 0 saturated heterocycles. The average Bonchev–Trinajstić information content (AvgIpc) is 2.97. The van der Waals surface area contributed by atoms with Gasteiger partial charge in [0.25, 0.3) is 0 Å². The van der Waals surface area contributed by atoms with Crippen LogP contribution in [0.25, 0.3) is 0 Å². The highest BCUT2D eigenvalue weighted by Gasteiger charge is 2.17. The highest BCUT2D eigenvalue weighted by Crippen LogP contribution is 2.20. The number of hydrogen-bond donors (Lipinski definition) is 0. The normalized spacial score (nSPS) is 12.0. The molecule has 1 heterocycles. The van der Waals surface area contributed by atoms with Crippen molar-refractivity contribution >= 4 is 28.8 Å². The summed E-state index contributed by atoms with van der Waals surface area (Å²) >= 11 is 7.47. The van der Waals surface area contributed by atoms with E-state index in [2.05, 4.69) is 18.8 Å². The summed E-state index contributed by atoms with van der Waals surface area (Å²) < 4.78 is 5.69. The van der Waals surface area contributed by atoms with Gasteiger partial charge < -0.3 is 9.64 Å². The lowest BCUT2D eigenvalue weighted by atomic mass is 10.2. The van der Waals surface area contributed by atoms with Crippen LogP contribution in [0.1, 0.15) is 37.9 Å². The Morgan fingerprint density at radius 2 is 2.26 bits per heavy atom. The Morgan fingerprint density at radius 3 is 2.91 bits per heavy atom. The molecule has 2 aromatic rings. The fourth-order valence-corrected chi connectivity index (χ4v) is 3.04. The van der Waals surface area contributed by atoms with Crippen molar-refractivity contribution in [2.45, 2.75) is 46.4 Å². The number of nitrogens with zero attached hydrogens (tertiary/aromatic N) is 2. The number of amides is 1. The summed E-state index contributed by atoms with van der Waals surface area (Å²) in [5.74, 6) is 0.795. The van der Waals surface area contributed by atoms with E-state index in [0.717, 1.165) is 22.9 Å². The second-order valence-corrected chi connectivity index (χ2v) is 6.76. The van der Waals surface area contributed by atoms with Crippen molar-refractivity contribution in [2.24, 2.45) is 0 Å². The molecule has 0 aliphatic carbocycles. The van der Waals surface area contributed by atoms with Crippen molar-refractivity contribution in [3.63, 3.8) is 0 Å². The van der Waals surface area contributed by atoms with Gasteiger partial charge in [0.15, 0.2) is 0 Å². The third-order valence-corrected chi connectivity index (χ3v) is 4.72. The van der Waals surface area contributed by atoms with Gasteiger partial charge in [0.05, 0.1) is 12.2 Å². The molecule has 0 N–H and O–H groups in total. The third-order valence-electron chi connectivity index (χ3n) is 3.62. The molecule has 0 aliphatic rings. The molecule has 1 aromatic heterocycles. The first kappa shape index (κ1) is 17.8. The second-order valence-electron chi connectivity index (χ2n) is 5.38. The molecule has 1 atom stereocenters. The first-order valence-corrected chi connectivity index (χ1v) is 8.84. The molecule has 2 rings (SSSR count). The average molecular weight is 353 g/mol. The summed E-state index contributed by atoms with van der Waals surface area (Å²) in [5.41, 5.74) is 0.898. The highest BCUT2D eigenvalue weighted by atomic mass is 35.5. The van der Waals surface area contributed by atoms with Crippen molar-refractivity contribution in [1.82, 2.24) is 9.88 Å². The molecule has 0 saturated carbocycles. The monoisotopic (exact) mass is 352 g/mol. The Hall–Kier alpha value is -1.59. The van der Waals surface area contributed by atoms with Gasteiger partial charge in [-0.1, -0.05) is 24.6 Å². The van der Waals surface area contributed by atoms with Crippen LogP contribution in [0.2, 0.25) is 5.02 Å². The van der Waals surface area contributed by atoms with E-state index in [0.29, 0.717) is 18.2 Å². The summed E-state index contributed by atoms with van der Waals surface area (Å²) in [6.45, 7) is 6.66. The molecule has 1 unspecified atom stereocenters. The van der Waals surface area contributed by atoms with Gasteiger partial charge in [-0.25, -0.2) is 4.98 Å². The minimum atomic E-state index is 0.0732. The molecular weight excluding hydrogens is 332 g/mol. The minimum Gasteiger partial charge on any atom is -0.486 e. The number of benzene rings is 1. The first-order chi connectivity index (χ1) is 11.0. The largest absolute Gasteiger partial charge is 0.486 e. The number of hydrogen-bond acceptors (Lipinski definition) is 4. The quantitative estimate of drug-likeness (QED) is 0.735. The lowest BCUT2D eigenvalue weighted by Gasteiger charge is -2.26. The van der Waals surface area contributed by atoms with E-state index in [1.807, 2.05) is 22.4 Å². The molecule has 124 valence electrons. The summed E-state index contributed by atoms with van der Waals surface area (Å²) in [6.07, 6.45) is 0.925. The number of aromatic nitrogens is 1. The van der Waals surface area contributed by atoms with Crippen molar-refractivity contribution in [1.29, 1.82) is 0 Å². The number of halogens is 1. The van der Waals surface area contributed by atoms with Gasteiger partial charge in [0.1, 0.15) is 17.4 Å². The third kappa shape index (κ3) is 5.22. The van der Waals surface area contributed by atoms with Crippen LogP contribution < -0.4 is 4.74 Å². The van der Waals surface area contributed by atoms with Crippen molar-refractivity contribution in [3.8, 4) is 5.75 Å². The predicted octanol–water partition coefficient (Wildman–Crippen LogP) is 4.52. The maximum atomic E-state index is 11.8.